The molecule has 0 radical (unpaired) electrons. The van der Waals surface area contributed by atoms with Crippen molar-refractivity contribution in [2.24, 2.45) is 0 Å². The Morgan fingerprint density at radius 3 is 2.29 bits per heavy atom. The predicted octanol–water partition coefficient (Wildman–Crippen LogP) is 4.81. The van der Waals surface area contributed by atoms with Gasteiger partial charge in [0.1, 0.15) is 5.76 Å². The van der Waals surface area contributed by atoms with E-state index in [1.807, 2.05) is 19.2 Å². The van der Waals surface area contributed by atoms with Gasteiger partial charge in [0.05, 0.1) is 18.4 Å². The number of rotatable bonds is 5. The molecule has 0 bridgehead atoms. The third-order valence-electron chi connectivity index (χ3n) is 5.52. The minimum atomic E-state index is -4.41. The van der Waals surface area contributed by atoms with Crippen molar-refractivity contribution in [1.29, 1.82) is 0 Å². The van der Waals surface area contributed by atoms with Crippen molar-refractivity contribution in [3.63, 3.8) is 0 Å². The number of benzene rings is 1. The first-order chi connectivity index (χ1) is 13.3. The highest BCUT2D eigenvalue weighted by Gasteiger charge is 2.34. The van der Waals surface area contributed by atoms with Gasteiger partial charge in [-0.2, -0.15) is 13.2 Å². The Kier molecular flexibility index (Phi) is 6.13. The van der Waals surface area contributed by atoms with Crippen molar-refractivity contribution < 1.29 is 22.4 Å². The molecular weight excluding hydrogens is 369 g/mol. The van der Waals surface area contributed by atoms with Gasteiger partial charge in [0, 0.05) is 24.7 Å². The molecule has 28 heavy (non-hydrogen) atoms. The van der Waals surface area contributed by atoms with E-state index in [2.05, 4.69) is 4.90 Å². The van der Waals surface area contributed by atoms with Gasteiger partial charge in [0.15, 0.2) is 0 Å². The van der Waals surface area contributed by atoms with Crippen molar-refractivity contribution >= 4 is 5.91 Å². The third kappa shape index (κ3) is 4.58. The summed E-state index contributed by atoms with van der Waals surface area (Å²) in [6, 6.07) is 8.38. The zero-order valence-corrected chi connectivity index (χ0v) is 16.1. The van der Waals surface area contributed by atoms with Gasteiger partial charge in [-0.1, -0.05) is 12.8 Å². The molecule has 0 N–H and O–H groups in total. The van der Waals surface area contributed by atoms with Crippen LogP contribution in [0.2, 0.25) is 0 Å². The standard InChI is InChI=1S/C21H25F3N2O2/c1-25(14-17-6-5-13-28-17)18-7-3-4-8-19(18)26(2)20(27)15-9-11-16(12-10-15)21(22,23)24/h5-6,9-13,18-19H,3-4,7-8,14H2,1-2H3/t18-,19-/m1/s1. The highest BCUT2D eigenvalue weighted by Crippen LogP contribution is 2.30. The second-order valence-electron chi connectivity index (χ2n) is 7.40. The summed E-state index contributed by atoms with van der Waals surface area (Å²) in [7, 11) is 3.76. The van der Waals surface area contributed by atoms with Gasteiger partial charge in [0.25, 0.3) is 5.91 Å². The number of hydrogen-bond donors (Lipinski definition) is 0. The molecule has 3 rings (SSSR count). The van der Waals surface area contributed by atoms with E-state index in [1.165, 1.54) is 12.1 Å². The normalized spacial score (nSPS) is 20.4. The van der Waals surface area contributed by atoms with Crippen molar-refractivity contribution in [3.05, 3.63) is 59.5 Å². The monoisotopic (exact) mass is 394 g/mol. The van der Waals surface area contributed by atoms with Gasteiger partial charge >= 0.3 is 6.18 Å². The van der Waals surface area contributed by atoms with Gasteiger partial charge in [0.2, 0.25) is 0 Å². The smallest absolute Gasteiger partial charge is 0.416 e. The Hall–Kier alpha value is -2.28. The number of likely N-dealkylation sites (N-methyl/N-ethyl adjacent to an activating group) is 2. The number of halogens is 3. The zero-order valence-electron chi connectivity index (χ0n) is 16.1. The molecule has 2 atom stereocenters. The molecule has 0 aliphatic heterocycles. The van der Waals surface area contributed by atoms with Crippen molar-refractivity contribution in [2.45, 2.75) is 50.5 Å². The molecule has 7 heteroatoms. The molecule has 1 heterocycles. The topological polar surface area (TPSA) is 36.7 Å². The van der Waals surface area contributed by atoms with Gasteiger partial charge in [-0.3, -0.25) is 9.69 Å². The van der Waals surface area contributed by atoms with Gasteiger partial charge in [-0.15, -0.1) is 0 Å². The fourth-order valence-corrected chi connectivity index (χ4v) is 3.98. The molecule has 1 aromatic heterocycles. The van der Waals surface area contributed by atoms with E-state index in [0.717, 1.165) is 43.6 Å². The number of nitrogens with zero attached hydrogens (tertiary/aromatic N) is 2. The summed E-state index contributed by atoms with van der Waals surface area (Å²) in [4.78, 5) is 16.8. The highest BCUT2D eigenvalue weighted by atomic mass is 19.4. The Morgan fingerprint density at radius 2 is 1.71 bits per heavy atom. The summed E-state index contributed by atoms with van der Waals surface area (Å²) < 4.78 is 43.7. The maximum Gasteiger partial charge on any atom is 0.416 e. The zero-order chi connectivity index (χ0) is 20.3. The van der Waals surface area contributed by atoms with Crippen LogP contribution in [0, 0.1) is 0 Å². The second kappa shape index (κ2) is 8.39. The van der Waals surface area contributed by atoms with E-state index in [4.69, 9.17) is 4.42 Å². The SMILES string of the molecule is CN(Cc1ccco1)[C@@H]1CCCC[C@H]1N(C)C(=O)c1ccc(C(F)(F)F)cc1. The lowest BCUT2D eigenvalue weighted by Gasteiger charge is -2.42. The summed E-state index contributed by atoms with van der Waals surface area (Å²) in [6.45, 7) is 0.649. The van der Waals surface area contributed by atoms with Gasteiger partial charge in [-0.25, -0.2) is 0 Å². The second-order valence-corrected chi connectivity index (χ2v) is 7.40. The van der Waals surface area contributed by atoms with Crippen molar-refractivity contribution in [3.8, 4) is 0 Å². The van der Waals surface area contributed by atoms with Crippen LogP contribution in [0.1, 0.15) is 47.4 Å². The number of carbonyl (C=O) groups excluding carboxylic acids is 1. The third-order valence-corrected chi connectivity index (χ3v) is 5.52. The molecular formula is C21H25F3N2O2. The summed E-state index contributed by atoms with van der Waals surface area (Å²) in [5.41, 5.74) is -0.478. The molecule has 4 nitrogen and oxygen atoms in total. The molecule has 0 saturated heterocycles. The summed E-state index contributed by atoms with van der Waals surface area (Å²) in [5.74, 6) is 0.612. The molecule has 1 saturated carbocycles. The minimum absolute atomic E-state index is 0.00325. The van der Waals surface area contributed by atoms with Crippen LogP contribution in [0.25, 0.3) is 0 Å². The summed E-state index contributed by atoms with van der Waals surface area (Å²) in [6.07, 6.45) is 1.19. The van der Waals surface area contributed by atoms with E-state index in [0.29, 0.717) is 6.54 Å². The Balaban J connectivity index is 1.72. The number of furan rings is 1. The van der Waals surface area contributed by atoms with E-state index < -0.39 is 11.7 Å². The number of alkyl halides is 3. The van der Waals surface area contributed by atoms with Crippen LogP contribution >= 0.6 is 0 Å². The predicted molar refractivity (Wildman–Crippen MR) is 99.8 cm³/mol. The van der Waals surface area contributed by atoms with Gasteiger partial charge in [-0.05, 0) is 56.3 Å². The van der Waals surface area contributed by atoms with Crippen LogP contribution < -0.4 is 0 Å². The minimum Gasteiger partial charge on any atom is -0.468 e. The number of hydrogen-bond acceptors (Lipinski definition) is 3. The first-order valence-electron chi connectivity index (χ1n) is 9.44. The van der Waals surface area contributed by atoms with E-state index in [1.54, 1.807) is 18.2 Å². The maximum absolute atomic E-state index is 12.9. The van der Waals surface area contributed by atoms with Crippen molar-refractivity contribution in [1.82, 2.24) is 9.80 Å². The highest BCUT2D eigenvalue weighted by molar-refractivity contribution is 5.94. The Labute approximate surface area is 162 Å². The van der Waals surface area contributed by atoms with Crippen LogP contribution in [-0.2, 0) is 12.7 Å². The van der Waals surface area contributed by atoms with E-state index in [-0.39, 0.29) is 23.6 Å². The Morgan fingerprint density at radius 1 is 1.07 bits per heavy atom. The lowest BCUT2D eigenvalue weighted by Crippen LogP contribution is -2.52. The average molecular weight is 394 g/mol. The van der Waals surface area contributed by atoms with Crippen LogP contribution in [-0.4, -0.2) is 41.9 Å². The van der Waals surface area contributed by atoms with Gasteiger partial charge < -0.3 is 9.32 Å². The largest absolute Gasteiger partial charge is 0.468 e. The van der Waals surface area contributed by atoms with E-state index >= 15 is 0 Å². The molecule has 1 aromatic carbocycles. The molecule has 1 amide bonds. The molecule has 1 aliphatic rings. The molecule has 0 unspecified atom stereocenters. The van der Waals surface area contributed by atoms with Crippen LogP contribution in [0.3, 0.4) is 0 Å². The molecule has 2 aromatic rings. The first kappa shape index (κ1) is 20.5. The van der Waals surface area contributed by atoms with Crippen LogP contribution in [0.4, 0.5) is 13.2 Å². The van der Waals surface area contributed by atoms with Crippen molar-refractivity contribution in [2.75, 3.05) is 14.1 Å². The Bertz CT molecular complexity index is 772. The average Bonchev–Trinajstić information content (AvgIpc) is 3.19. The molecule has 152 valence electrons. The van der Waals surface area contributed by atoms with E-state index in [9.17, 15) is 18.0 Å². The fourth-order valence-electron chi connectivity index (χ4n) is 3.98. The lowest BCUT2D eigenvalue weighted by molar-refractivity contribution is -0.137. The summed E-state index contributed by atoms with van der Waals surface area (Å²) in [5, 5.41) is 0. The van der Waals surface area contributed by atoms with Crippen LogP contribution in [0.5, 0.6) is 0 Å². The number of carbonyl (C=O) groups is 1. The fraction of sp³-hybridized carbons (Fsp3) is 0.476. The lowest BCUT2D eigenvalue weighted by atomic mass is 9.88. The quantitative estimate of drug-likeness (QED) is 0.730. The summed E-state index contributed by atoms with van der Waals surface area (Å²) >= 11 is 0. The maximum atomic E-state index is 12.9. The number of amides is 1. The molecule has 0 spiro atoms. The molecule has 1 fully saturated rings. The van der Waals surface area contributed by atoms with Crippen LogP contribution in [0.15, 0.2) is 47.1 Å². The first-order valence-corrected chi connectivity index (χ1v) is 9.44. The molecule has 1 aliphatic carbocycles.